The van der Waals surface area contributed by atoms with Gasteiger partial charge in [0, 0.05) is 0 Å². The van der Waals surface area contributed by atoms with Gasteiger partial charge in [-0.25, -0.2) is 0 Å². The highest BCUT2D eigenvalue weighted by molar-refractivity contribution is 4.73. The highest BCUT2D eigenvalue weighted by Gasteiger charge is 2.20. The molecule has 1 rings (SSSR count). The van der Waals surface area contributed by atoms with Crippen LogP contribution in [-0.2, 0) is 0 Å². The Bertz CT molecular complexity index is 151. The quantitative estimate of drug-likeness (QED) is 0.625. The van der Waals surface area contributed by atoms with E-state index in [-0.39, 0.29) is 0 Å². The molecule has 3 N–H and O–H groups in total. The molecule has 0 unspecified atom stereocenters. The summed E-state index contributed by atoms with van der Waals surface area (Å²) >= 11 is 0. The Morgan fingerprint density at radius 3 is 2.06 bits per heavy atom. The van der Waals surface area contributed by atoms with Gasteiger partial charge in [0.15, 0.2) is 0 Å². The summed E-state index contributed by atoms with van der Waals surface area (Å²) in [5.74, 6) is 2.02. The number of hydrogen-bond donors (Lipinski definition) is 2. The molecule has 16 heavy (non-hydrogen) atoms. The Morgan fingerprint density at radius 2 is 1.56 bits per heavy atom. The summed E-state index contributed by atoms with van der Waals surface area (Å²) in [7, 11) is 0. The van der Waals surface area contributed by atoms with E-state index >= 15 is 0 Å². The minimum absolute atomic E-state index is 0.878. The molecule has 0 bridgehead atoms. The summed E-state index contributed by atoms with van der Waals surface area (Å²) in [6, 6.07) is 0. The van der Waals surface area contributed by atoms with Gasteiger partial charge in [0.25, 0.3) is 0 Å². The maximum atomic E-state index is 5.56. The summed E-state index contributed by atoms with van der Waals surface area (Å²) < 4.78 is 0. The largest absolute Gasteiger partial charge is 0.330 e. The fourth-order valence-corrected chi connectivity index (χ4v) is 2.91. The van der Waals surface area contributed by atoms with Gasteiger partial charge >= 0.3 is 0 Å². The normalized spacial score (nSPS) is 25.9. The second-order valence-corrected chi connectivity index (χ2v) is 5.31. The highest BCUT2D eigenvalue weighted by atomic mass is 14.8. The van der Waals surface area contributed by atoms with E-state index in [0.717, 1.165) is 24.9 Å². The van der Waals surface area contributed by atoms with Gasteiger partial charge in [0.05, 0.1) is 0 Å². The Labute approximate surface area is 101 Å². The Morgan fingerprint density at radius 1 is 1.00 bits per heavy atom. The van der Waals surface area contributed by atoms with Gasteiger partial charge in [0.2, 0.25) is 0 Å². The Balaban J connectivity index is 1.98. The van der Waals surface area contributed by atoms with Crippen LogP contribution in [-0.4, -0.2) is 19.6 Å². The SMILES string of the molecule is CCNCCCC1CCC(CCCN)CC1. The summed E-state index contributed by atoms with van der Waals surface area (Å²) in [6.07, 6.45) is 11.3. The molecule has 0 spiro atoms. The molecule has 0 amide bonds. The van der Waals surface area contributed by atoms with E-state index in [0.29, 0.717) is 0 Å². The van der Waals surface area contributed by atoms with E-state index < -0.39 is 0 Å². The van der Waals surface area contributed by atoms with Crippen molar-refractivity contribution in [2.75, 3.05) is 19.6 Å². The first-order chi connectivity index (χ1) is 7.86. The first-order valence-electron chi connectivity index (χ1n) is 7.27. The molecule has 2 heteroatoms. The van der Waals surface area contributed by atoms with Crippen LogP contribution in [0, 0.1) is 11.8 Å². The van der Waals surface area contributed by atoms with Gasteiger partial charge in [-0.3, -0.25) is 0 Å². The zero-order valence-corrected chi connectivity index (χ0v) is 11.0. The van der Waals surface area contributed by atoms with Crippen LogP contribution in [0.2, 0.25) is 0 Å². The molecule has 96 valence electrons. The van der Waals surface area contributed by atoms with Crippen LogP contribution < -0.4 is 11.1 Å². The lowest BCUT2D eigenvalue weighted by molar-refractivity contribution is 0.247. The molecule has 0 radical (unpaired) electrons. The molecule has 0 aliphatic heterocycles. The molecule has 0 saturated heterocycles. The van der Waals surface area contributed by atoms with Crippen molar-refractivity contribution < 1.29 is 0 Å². The topological polar surface area (TPSA) is 38.0 Å². The second kappa shape index (κ2) is 9.00. The molecule has 1 fully saturated rings. The van der Waals surface area contributed by atoms with Gasteiger partial charge in [-0.05, 0) is 57.2 Å². The summed E-state index contributed by atoms with van der Waals surface area (Å²) in [5.41, 5.74) is 5.56. The van der Waals surface area contributed by atoms with Crippen LogP contribution >= 0.6 is 0 Å². The number of nitrogens with two attached hydrogens (primary N) is 1. The van der Waals surface area contributed by atoms with Crippen LogP contribution in [0.4, 0.5) is 0 Å². The average Bonchev–Trinajstić information content (AvgIpc) is 2.33. The van der Waals surface area contributed by atoms with Gasteiger partial charge in [-0.1, -0.05) is 32.6 Å². The van der Waals surface area contributed by atoms with Crippen LogP contribution in [0.5, 0.6) is 0 Å². The second-order valence-electron chi connectivity index (χ2n) is 5.31. The minimum Gasteiger partial charge on any atom is -0.330 e. The molecule has 1 aliphatic carbocycles. The third-order valence-corrected chi connectivity index (χ3v) is 4.00. The Hall–Kier alpha value is -0.0800. The first kappa shape index (κ1) is 14.0. The number of nitrogens with one attached hydrogen (secondary N) is 1. The molecular weight excluding hydrogens is 196 g/mol. The molecule has 0 aromatic carbocycles. The molecule has 0 aromatic rings. The molecule has 0 heterocycles. The van der Waals surface area contributed by atoms with Crippen LogP contribution in [0.3, 0.4) is 0 Å². The van der Waals surface area contributed by atoms with Crippen molar-refractivity contribution >= 4 is 0 Å². The fraction of sp³-hybridized carbons (Fsp3) is 1.00. The van der Waals surface area contributed by atoms with Crippen molar-refractivity contribution in [3.8, 4) is 0 Å². The van der Waals surface area contributed by atoms with Crippen LogP contribution in [0.1, 0.15) is 58.3 Å². The van der Waals surface area contributed by atoms with Crippen molar-refractivity contribution in [2.24, 2.45) is 17.6 Å². The number of hydrogen-bond acceptors (Lipinski definition) is 2. The van der Waals surface area contributed by atoms with E-state index in [9.17, 15) is 0 Å². The third-order valence-electron chi connectivity index (χ3n) is 4.00. The third kappa shape index (κ3) is 5.86. The molecule has 0 atom stereocenters. The standard InChI is InChI=1S/C14H30N2/c1-2-16-12-4-6-14-9-7-13(8-10-14)5-3-11-15/h13-14,16H,2-12,15H2,1H3. The van der Waals surface area contributed by atoms with Gasteiger partial charge in [-0.2, -0.15) is 0 Å². The van der Waals surface area contributed by atoms with Gasteiger partial charge in [-0.15, -0.1) is 0 Å². The summed E-state index contributed by atoms with van der Waals surface area (Å²) in [4.78, 5) is 0. The fourth-order valence-electron chi connectivity index (χ4n) is 2.91. The van der Waals surface area contributed by atoms with Gasteiger partial charge in [0.1, 0.15) is 0 Å². The summed E-state index contributed by atoms with van der Waals surface area (Å²) in [5, 5.41) is 3.41. The maximum Gasteiger partial charge on any atom is -0.00489 e. The van der Waals surface area contributed by atoms with Crippen LogP contribution in [0.25, 0.3) is 0 Å². The zero-order valence-electron chi connectivity index (χ0n) is 11.0. The van der Waals surface area contributed by atoms with Crippen molar-refractivity contribution in [1.82, 2.24) is 5.32 Å². The van der Waals surface area contributed by atoms with Gasteiger partial charge < -0.3 is 11.1 Å². The molecule has 1 saturated carbocycles. The van der Waals surface area contributed by atoms with Crippen molar-refractivity contribution in [3.05, 3.63) is 0 Å². The van der Waals surface area contributed by atoms with Crippen LogP contribution in [0.15, 0.2) is 0 Å². The minimum atomic E-state index is 0.878. The van der Waals surface area contributed by atoms with E-state index in [1.165, 1.54) is 57.9 Å². The maximum absolute atomic E-state index is 5.56. The molecular formula is C14H30N2. The first-order valence-corrected chi connectivity index (χ1v) is 7.27. The summed E-state index contributed by atoms with van der Waals surface area (Å²) in [6.45, 7) is 5.39. The lowest BCUT2D eigenvalue weighted by Crippen LogP contribution is -2.18. The lowest BCUT2D eigenvalue weighted by Gasteiger charge is -2.28. The van der Waals surface area contributed by atoms with E-state index in [4.69, 9.17) is 5.73 Å². The monoisotopic (exact) mass is 226 g/mol. The highest BCUT2D eigenvalue weighted by Crippen LogP contribution is 2.33. The zero-order chi connectivity index (χ0) is 11.6. The van der Waals surface area contributed by atoms with E-state index in [2.05, 4.69) is 12.2 Å². The lowest BCUT2D eigenvalue weighted by atomic mass is 9.78. The Kier molecular flexibility index (Phi) is 7.87. The number of rotatable bonds is 8. The van der Waals surface area contributed by atoms with E-state index in [1.807, 2.05) is 0 Å². The molecule has 1 aliphatic rings. The molecule has 0 aromatic heterocycles. The molecule has 2 nitrogen and oxygen atoms in total. The average molecular weight is 226 g/mol. The predicted molar refractivity (Wildman–Crippen MR) is 71.5 cm³/mol. The smallest absolute Gasteiger partial charge is 0.00489 e. The van der Waals surface area contributed by atoms with Crippen molar-refractivity contribution in [2.45, 2.75) is 58.3 Å². The van der Waals surface area contributed by atoms with Crippen molar-refractivity contribution in [3.63, 3.8) is 0 Å². The van der Waals surface area contributed by atoms with Crippen molar-refractivity contribution in [1.29, 1.82) is 0 Å². The predicted octanol–water partition coefficient (Wildman–Crippen LogP) is 2.92. The van der Waals surface area contributed by atoms with E-state index in [1.54, 1.807) is 0 Å².